The molecule has 2 aromatic carbocycles. The molecule has 2 heterocycles. The monoisotopic (exact) mass is 480 g/mol. The van der Waals surface area contributed by atoms with Crippen LogP contribution in [0.15, 0.2) is 76.8 Å². The molecule has 0 spiro atoms. The van der Waals surface area contributed by atoms with Crippen LogP contribution in [0.3, 0.4) is 0 Å². The van der Waals surface area contributed by atoms with Gasteiger partial charge in [0.05, 0.1) is 5.75 Å². The van der Waals surface area contributed by atoms with Crippen LogP contribution in [0, 0.1) is 0 Å². The fourth-order valence-corrected chi connectivity index (χ4v) is 3.98. The Morgan fingerprint density at radius 3 is 2.64 bits per heavy atom. The molecule has 0 unspecified atom stereocenters. The van der Waals surface area contributed by atoms with E-state index in [-0.39, 0.29) is 5.91 Å². The Morgan fingerprint density at radius 1 is 1.09 bits per heavy atom. The molecule has 168 valence electrons. The van der Waals surface area contributed by atoms with Gasteiger partial charge < -0.3 is 14.3 Å². The van der Waals surface area contributed by atoms with Crippen molar-refractivity contribution >= 4 is 29.3 Å². The molecule has 8 nitrogen and oxygen atoms in total. The molecule has 2 aromatic heterocycles. The van der Waals surface area contributed by atoms with E-state index in [9.17, 15) is 4.79 Å². The molecule has 0 aliphatic carbocycles. The van der Waals surface area contributed by atoms with E-state index in [0.717, 1.165) is 11.4 Å². The molecule has 10 heteroatoms. The van der Waals surface area contributed by atoms with Crippen molar-refractivity contribution in [2.75, 3.05) is 6.54 Å². The van der Waals surface area contributed by atoms with Crippen molar-refractivity contribution in [2.24, 2.45) is 0 Å². The first-order valence-corrected chi connectivity index (χ1v) is 11.6. The third kappa shape index (κ3) is 5.88. The highest BCUT2D eigenvalue weighted by atomic mass is 35.5. The smallest absolute Gasteiger partial charge is 0.251 e. The molecule has 0 aliphatic rings. The zero-order valence-electron chi connectivity index (χ0n) is 17.6. The molecule has 0 atom stereocenters. The van der Waals surface area contributed by atoms with Gasteiger partial charge in [0, 0.05) is 35.7 Å². The van der Waals surface area contributed by atoms with Crippen LogP contribution in [0.4, 0.5) is 0 Å². The van der Waals surface area contributed by atoms with Crippen molar-refractivity contribution in [2.45, 2.75) is 23.9 Å². The number of rotatable bonds is 10. The second-order valence-corrected chi connectivity index (χ2v) is 8.35. The Labute approximate surface area is 200 Å². The van der Waals surface area contributed by atoms with Crippen LogP contribution in [-0.4, -0.2) is 37.4 Å². The molecule has 0 aliphatic heterocycles. The van der Waals surface area contributed by atoms with Crippen molar-refractivity contribution in [1.29, 1.82) is 0 Å². The molecule has 0 fully saturated rings. The lowest BCUT2D eigenvalue weighted by Gasteiger charge is -2.08. The minimum Gasteiger partial charge on any atom is -0.420 e. The number of allylic oxidation sites excluding steroid dienone is 1. The number of carbonyl (C=O) groups excluding carboxylic acids is 1. The van der Waals surface area contributed by atoms with Gasteiger partial charge in [-0.3, -0.25) is 4.79 Å². The maximum absolute atomic E-state index is 12.3. The zero-order chi connectivity index (χ0) is 23.0. The van der Waals surface area contributed by atoms with Crippen molar-refractivity contribution < 1.29 is 9.21 Å². The normalized spacial score (nSPS) is 10.8. The van der Waals surface area contributed by atoms with E-state index in [4.69, 9.17) is 16.0 Å². The number of benzene rings is 2. The SMILES string of the molecule is C=CCn1c(CCNC(=O)c2ccc(Cl)cc2)nnc1SCc1nnc(-c2ccccc2)o1. The fourth-order valence-electron chi connectivity index (χ4n) is 3.05. The van der Waals surface area contributed by atoms with Crippen LogP contribution in [0.25, 0.3) is 11.5 Å². The number of hydrogen-bond donors (Lipinski definition) is 1. The topological polar surface area (TPSA) is 98.7 Å². The van der Waals surface area contributed by atoms with Gasteiger partial charge in [-0.2, -0.15) is 0 Å². The number of carbonyl (C=O) groups is 1. The van der Waals surface area contributed by atoms with Gasteiger partial charge in [0.15, 0.2) is 5.16 Å². The van der Waals surface area contributed by atoms with Gasteiger partial charge in [0.2, 0.25) is 11.8 Å². The summed E-state index contributed by atoms with van der Waals surface area (Å²) in [5.41, 5.74) is 1.43. The van der Waals surface area contributed by atoms with Gasteiger partial charge in [-0.25, -0.2) is 0 Å². The van der Waals surface area contributed by atoms with Crippen molar-refractivity contribution in [1.82, 2.24) is 30.3 Å². The minimum atomic E-state index is -0.165. The van der Waals surface area contributed by atoms with Gasteiger partial charge in [-0.15, -0.1) is 27.0 Å². The Morgan fingerprint density at radius 2 is 1.88 bits per heavy atom. The van der Waals surface area contributed by atoms with Crippen molar-refractivity contribution in [3.63, 3.8) is 0 Å². The molecule has 4 aromatic rings. The summed E-state index contributed by atoms with van der Waals surface area (Å²) in [5.74, 6) is 2.04. The largest absolute Gasteiger partial charge is 0.420 e. The summed E-state index contributed by atoms with van der Waals surface area (Å²) in [5, 5.41) is 21.0. The zero-order valence-corrected chi connectivity index (χ0v) is 19.2. The molecule has 33 heavy (non-hydrogen) atoms. The first-order chi connectivity index (χ1) is 16.1. The van der Waals surface area contributed by atoms with Gasteiger partial charge in [-0.1, -0.05) is 47.6 Å². The molecule has 1 N–H and O–H groups in total. The highest BCUT2D eigenvalue weighted by molar-refractivity contribution is 7.98. The van der Waals surface area contributed by atoms with Gasteiger partial charge in [0.25, 0.3) is 5.91 Å². The predicted molar refractivity (Wildman–Crippen MR) is 127 cm³/mol. The maximum atomic E-state index is 12.3. The van der Waals surface area contributed by atoms with E-state index in [0.29, 0.717) is 52.8 Å². The number of aromatic nitrogens is 5. The Hall–Kier alpha value is -3.43. The van der Waals surface area contributed by atoms with E-state index in [1.54, 1.807) is 30.3 Å². The molecule has 0 radical (unpaired) electrons. The lowest BCUT2D eigenvalue weighted by atomic mass is 10.2. The maximum Gasteiger partial charge on any atom is 0.251 e. The van der Waals surface area contributed by atoms with Gasteiger partial charge in [-0.05, 0) is 36.4 Å². The van der Waals surface area contributed by atoms with E-state index in [1.807, 2.05) is 34.9 Å². The molecular weight excluding hydrogens is 460 g/mol. The minimum absolute atomic E-state index is 0.165. The summed E-state index contributed by atoms with van der Waals surface area (Å²) in [6.45, 7) is 4.79. The standard InChI is InChI=1S/C23H21ClN6O2S/c1-2-14-30-19(12-13-25-21(31)16-8-10-18(24)11-9-16)26-29-23(30)33-15-20-27-28-22(32-20)17-6-4-3-5-7-17/h2-11H,1,12-15H2,(H,25,31). The van der Waals surface area contributed by atoms with Crippen LogP contribution in [-0.2, 0) is 18.7 Å². The number of halogens is 1. The van der Waals surface area contributed by atoms with Crippen LogP contribution < -0.4 is 5.32 Å². The van der Waals surface area contributed by atoms with Crippen LogP contribution >= 0.6 is 23.4 Å². The molecule has 0 saturated carbocycles. The molecule has 1 amide bonds. The van der Waals surface area contributed by atoms with Gasteiger partial charge in [0.1, 0.15) is 5.82 Å². The number of nitrogens with one attached hydrogen (secondary N) is 1. The Balaban J connectivity index is 1.35. The van der Waals surface area contributed by atoms with Gasteiger partial charge >= 0.3 is 0 Å². The van der Waals surface area contributed by atoms with E-state index in [2.05, 4.69) is 32.3 Å². The summed E-state index contributed by atoms with van der Waals surface area (Å²) in [6.07, 6.45) is 2.31. The predicted octanol–water partition coefficient (Wildman–Crippen LogP) is 4.43. The van der Waals surface area contributed by atoms with Crippen LogP contribution in [0.2, 0.25) is 5.02 Å². The third-order valence-electron chi connectivity index (χ3n) is 4.66. The summed E-state index contributed by atoms with van der Waals surface area (Å²) < 4.78 is 7.72. The van der Waals surface area contributed by atoms with E-state index < -0.39 is 0 Å². The molecule has 0 bridgehead atoms. The Bertz CT molecular complexity index is 1220. The number of hydrogen-bond acceptors (Lipinski definition) is 7. The summed E-state index contributed by atoms with van der Waals surface area (Å²) in [4.78, 5) is 12.3. The third-order valence-corrected chi connectivity index (χ3v) is 5.86. The van der Waals surface area contributed by atoms with Crippen molar-refractivity contribution in [3.8, 4) is 11.5 Å². The summed E-state index contributed by atoms with van der Waals surface area (Å²) in [6, 6.07) is 16.4. The second-order valence-electron chi connectivity index (χ2n) is 6.97. The summed E-state index contributed by atoms with van der Waals surface area (Å²) in [7, 11) is 0. The fraction of sp³-hybridized carbons (Fsp3) is 0.174. The number of thioether (sulfide) groups is 1. The summed E-state index contributed by atoms with van der Waals surface area (Å²) >= 11 is 7.32. The van der Waals surface area contributed by atoms with Crippen molar-refractivity contribution in [3.05, 3.63) is 89.6 Å². The molecular formula is C23H21ClN6O2S. The van der Waals surface area contributed by atoms with Crippen LogP contribution in [0.1, 0.15) is 22.1 Å². The number of amides is 1. The first kappa shape index (κ1) is 22.8. The highest BCUT2D eigenvalue weighted by Gasteiger charge is 2.15. The highest BCUT2D eigenvalue weighted by Crippen LogP contribution is 2.24. The lowest BCUT2D eigenvalue weighted by molar-refractivity contribution is 0.0954. The number of nitrogens with zero attached hydrogens (tertiary/aromatic N) is 5. The second kappa shape index (κ2) is 10.9. The Kier molecular flexibility index (Phi) is 7.54. The average molecular weight is 481 g/mol. The van der Waals surface area contributed by atoms with Crippen LogP contribution in [0.5, 0.6) is 0 Å². The molecule has 0 saturated heterocycles. The first-order valence-electron chi connectivity index (χ1n) is 10.2. The average Bonchev–Trinajstić information content (AvgIpc) is 3.46. The quantitative estimate of drug-likeness (QED) is 0.265. The molecule has 4 rings (SSSR count). The van der Waals surface area contributed by atoms with E-state index >= 15 is 0 Å². The van der Waals surface area contributed by atoms with E-state index in [1.165, 1.54) is 11.8 Å². The lowest BCUT2D eigenvalue weighted by Crippen LogP contribution is -2.26.